The van der Waals surface area contributed by atoms with Crippen molar-refractivity contribution in [3.8, 4) is 0 Å². The number of aldehydes is 1. The molecule has 0 radical (unpaired) electrons. The van der Waals surface area contributed by atoms with Gasteiger partial charge in [-0.1, -0.05) is 0 Å². The molecule has 5 nitrogen and oxygen atoms in total. The number of aliphatic hydroxyl groups is 3. The van der Waals surface area contributed by atoms with Crippen LogP contribution in [-0.2, 0) is 9.53 Å². The molecular formula is C9H16O5. The highest BCUT2D eigenvalue weighted by molar-refractivity contribution is 5.51. The third-order valence-corrected chi connectivity index (χ3v) is 2.66. The maximum absolute atomic E-state index is 10.4. The second kappa shape index (κ2) is 3.94. The Labute approximate surface area is 82.3 Å². The lowest BCUT2D eigenvalue weighted by atomic mass is 9.93. The van der Waals surface area contributed by atoms with E-state index in [2.05, 4.69) is 0 Å². The molecule has 0 amide bonds. The zero-order valence-electron chi connectivity index (χ0n) is 8.25. The number of aliphatic hydroxyl groups excluding tert-OH is 3. The molecular weight excluding hydrogens is 188 g/mol. The summed E-state index contributed by atoms with van der Waals surface area (Å²) in [6, 6.07) is 0. The number of rotatable bonds is 3. The van der Waals surface area contributed by atoms with Gasteiger partial charge in [-0.05, 0) is 13.8 Å². The fourth-order valence-corrected chi connectivity index (χ4v) is 1.71. The predicted octanol–water partition coefficient (Wildman–Crippen LogP) is -1.16. The summed E-state index contributed by atoms with van der Waals surface area (Å²) in [6.07, 6.45) is -3.40. The molecule has 1 aliphatic heterocycles. The van der Waals surface area contributed by atoms with Gasteiger partial charge in [0.05, 0.1) is 6.10 Å². The quantitative estimate of drug-likeness (QED) is 0.504. The highest BCUT2D eigenvalue weighted by Gasteiger charge is 2.52. The number of hydrogen-bond donors (Lipinski definition) is 3. The molecule has 82 valence electrons. The second-order valence-electron chi connectivity index (χ2n) is 3.94. The molecule has 1 saturated heterocycles. The number of carbonyl (C=O) groups excluding carboxylic acids is 1. The van der Waals surface area contributed by atoms with Gasteiger partial charge in [0.25, 0.3) is 0 Å². The monoisotopic (exact) mass is 204 g/mol. The summed E-state index contributed by atoms with van der Waals surface area (Å²) in [5.74, 6) is 0. The first-order valence-electron chi connectivity index (χ1n) is 4.58. The van der Waals surface area contributed by atoms with Crippen molar-refractivity contribution < 1.29 is 24.9 Å². The van der Waals surface area contributed by atoms with Crippen molar-refractivity contribution >= 4 is 6.29 Å². The standard InChI is InChI=1S/C9H16O5/c1-5(11)7-6(12)8(13)9(2,14-7)3-4-10/h4-8,11-13H,3H2,1-2H3/t5-,6?,7-,8?,9+/m0/s1. The number of carbonyl (C=O) groups is 1. The Morgan fingerprint density at radius 1 is 1.57 bits per heavy atom. The van der Waals surface area contributed by atoms with E-state index in [1.807, 2.05) is 0 Å². The van der Waals surface area contributed by atoms with E-state index in [0.717, 1.165) is 0 Å². The van der Waals surface area contributed by atoms with Gasteiger partial charge in [0.15, 0.2) is 0 Å². The van der Waals surface area contributed by atoms with Gasteiger partial charge in [-0.3, -0.25) is 0 Å². The Kier molecular flexibility index (Phi) is 3.26. The van der Waals surface area contributed by atoms with Crippen LogP contribution in [0, 0.1) is 0 Å². The minimum Gasteiger partial charge on any atom is -0.391 e. The molecule has 0 bridgehead atoms. The minimum atomic E-state index is -1.15. The van der Waals surface area contributed by atoms with Gasteiger partial charge >= 0.3 is 0 Å². The van der Waals surface area contributed by atoms with E-state index in [1.54, 1.807) is 0 Å². The summed E-state index contributed by atoms with van der Waals surface area (Å²) in [6.45, 7) is 3.00. The molecule has 1 aliphatic rings. The third-order valence-electron chi connectivity index (χ3n) is 2.66. The van der Waals surface area contributed by atoms with E-state index in [1.165, 1.54) is 13.8 Å². The zero-order chi connectivity index (χ0) is 10.9. The van der Waals surface area contributed by atoms with Crippen molar-refractivity contribution in [2.45, 2.75) is 50.3 Å². The van der Waals surface area contributed by atoms with Crippen LogP contribution in [0.15, 0.2) is 0 Å². The van der Waals surface area contributed by atoms with Crippen LogP contribution in [0.3, 0.4) is 0 Å². The van der Waals surface area contributed by atoms with Crippen molar-refractivity contribution in [1.29, 1.82) is 0 Å². The summed E-state index contributed by atoms with van der Waals surface area (Å²) >= 11 is 0. The molecule has 0 aromatic carbocycles. The molecule has 0 aliphatic carbocycles. The lowest BCUT2D eigenvalue weighted by molar-refractivity contribution is -0.125. The van der Waals surface area contributed by atoms with Crippen LogP contribution in [0.1, 0.15) is 20.3 Å². The van der Waals surface area contributed by atoms with Crippen LogP contribution in [-0.4, -0.2) is 51.6 Å². The summed E-state index contributed by atoms with van der Waals surface area (Å²) in [4.78, 5) is 10.4. The van der Waals surface area contributed by atoms with Crippen LogP contribution >= 0.6 is 0 Å². The minimum absolute atomic E-state index is 0.00551. The summed E-state index contributed by atoms with van der Waals surface area (Å²) in [5, 5.41) is 28.4. The van der Waals surface area contributed by atoms with E-state index >= 15 is 0 Å². The van der Waals surface area contributed by atoms with Crippen molar-refractivity contribution in [3.05, 3.63) is 0 Å². The fourth-order valence-electron chi connectivity index (χ4n) is 1.71. The van der Waals surface area contributed by atoms with Crippen LogP contribution in [0.5, 0.6) is 0 Å². The second-order valence-corrected chi connectivity index (χ2v) is 3.94. The Bertz CT molecular complexity index is 217. The first kappa shape index (κ1) is 11.6. The van der Waals surface area contributed by atoms with E-state index in [0.29, 0.717) is 6.29 Å². The molecule has 3 N–H and O–H groups in total. The summed E-state index contributed by atoms with van der Waals surface area (Å²) in [7, 11) is 0. The normalized spacial score (nSPS) is 45.1. The van der Waals surface area contributed by atoms with Crippen molar-refractivity contribution in [3.63, 3.8) is 0 Å². The smallest absolute Gasteiger partial charge is 0.122 e. The lowest BCUT2D eigenvalue weighted by Crippen LogP contribution is -2.41. The van der Waals surface area contributed by atoms with Crippen LogP contribution in [0.2, 0.25) is 0 Å². The van der Waals surface area contributed by atoms with Gasteiger partial charge < -0.3 is 24.9 Å². The Morgan fingerprint density at radius 3 is 2.50 bits per heavy atom. The van der Waals surface area contributed by atoms with Gasteiger partial charge in [0, 0.05) is 6.42 Å². The molecule has 1 heterocycles. The Hall–Kier alpha value is -0.490. The first-order chi connectivity index (χ1) is 6.42. The van der Waals surface area contributed by atoms with Gasteiger partial charge in [0.1, 0.15) is 30.2 Å². The van der Waals surface area contributed by atoms with E-state index in [4.69, 9.17) is 4.74 Å². The van der Waals surface area contributed by atoms with Crippen LogP contribution in [0.4, 0.5) is 0 Å². The van der Waals surface area contributed by atoms with Crippen molar-refractivity contribution in [2.75, 3.05) is 0 Å². The van der Waals surface area contributed by atoms with Crippen molar-refractivity contribution in [1.82, 2.24) is 0 Å². The van der Waals surface area contributed by atoms with E-state index in [-0.39, 0.29) is 6.42 Å². The van der Waals surface area contributed by atoms with Gasteiger partial charge in [0.2, 0.25) is 0 Å². The maximum atomic E-state index is 10.4. The Balaban J connectivity index is 2.80. The zero-order valence-corrected chi connectivity index (χ0v) is 8.25. The number of hydrogen-bond acceptors (Lipinski definition) is 5. The molecule has 5 heteroatoms. The average molecular weight is 204 g/mol. The number of ether oxygens (including phenoxy) is 1. The summed E-state index contributed by atoms with van der Waals surface area (Å²) in [5.41, 5.74) is -1.09. The molecule has 1 fully saturated rings. The van der Waals surface area contributed by atoms with E-state index in [9.17, 15) is 20.1 Å². The molecule has 0 spiro atoms. The van der Waals surface area contributed by atoms with Gasteiger partial charge in [-0.25, -0.2) is 0 Å². The highest BCUT2D eigenvalue weighted by atomic mass is 16.6. The molecule has 0 saturated carbocycles. The molecule has 1 rings (SSSR count). The average Bonchev–Trinajstić information content (AvgIpc) is 2.31. The van der Waals surface area contributed by atoms with Crippen molar-refractivity contribution in [2.24, 2.45) is 0 Å². The van der Waals surface area contributed by atoms with E-state index < -0.39 is 30.0 Å². The molecule has 2 unspecified atom stereocenters. The maximum Gasteiger partial charge on any atom is 0.122 e. The first-order valence-corrected chi connectivity index (χ1v) is 4.58. The topological polar surface area (TPSA) is 87.0 Å². The molecule has 0 aromatic heterocycles. The summed E-state index contributed by atoms with van der Waals surface area (Å²) < 4.78 is 5.29. The molecule has 5 atom stereocenters. The largest absolute Gasteiger partial charge is 0.391 e. The molecule has 14 heavy (non-hydrogen) atoms. The Morgan fingerprint density at radius 2 is 2.14 bits per heavy atom. The van der Waals surface area contributed by atoms with Gasteiger partial charge in [-0.2, -0.15) is 0 Å². The van der Waals surface area contributed by atoms with Gasteiger partial charge in [-0.15, -0.1) is 0 Å². The lowest BCUT2D eigenvalue weighted by Gasteiger charge is -2.25. The molecule has 0 aromatic rings. The fraction of sp³-hybridized carbons (Fsp3) is 0.889. The van der Waals surface area contributed by atoms with Crippen LogP contribution in [0.25, 0.3) is 0 Å². The highest BCUT2D eigenvalue weighted by Crippen LogP contribution is 2.34. The SMILES string of the molecule is C[C@H](O)[C@@H]1O[C@](C)(CC=O)C(O)C1O. The third kappa shape index (κ3) is 1.81. The predicted molar refractivity (Wildman–Crippen MR) is 47.7 cm³/mol. The van der Waals surface area contributed by atoms with Crippen LogP contribution < -0.4 is 0 Å².